The van der Waals surface area contributed by atoms with Crippen molar-refractivity contribution in [3.63, 3.8) is 0 Å². The number of nitrogens with two attached hydrogens (primary N) is 1. The lowest BCUT2D eigenvalue weighted by molar-refractivity contribution is 0.267. The molecular weight excluding hydrogens is 220 g/mol. The minimum Gasteiger partial charge on any atom is -0.271 e. The molecule has 0 radical (unpaired) electrons. The highest BCUT2D eigenvalue weighted by Crippen LogP contribution is 2.50. The second kappa shape index (κ2) is 5.75. The molecule has 0 aromatic carbocycles. The molecule has 2 nitrogen and oxygen atoms in total. The fraction of sp³-hybridized carbons (Fsp3) is 0.875. The van der Waals surface area contributed by atoms with Gasteiger partial charge in [-0.1, -0.05) is 30.9 Å². The van der Waals surface area contributed by atoms with Gasteiger partial charge in [0.2, 0.25) is 0 Å². The minimum absolute atomic E-state index is 0.485. The summed E-state index contributed by atoms with van der Waals surface area (Å²) >= 11 is 0. The zero-order valence-corrected chi connectivity index (χ0v) is 11.5. The Morgan fingerprint density at radius 1 is 1.11 bits per heavy atom. The van der Waals surface area contributed by atoms with Crippen LogP contribution in [-0.2, 0) is 0 Å². The van der Waals surface area contributed by atoms with Crippen molar-refractivity contribution < 1.29 is 0 Å². The van der Waals surface area contributed by atoms with Crippen LogP contribution >= 0.6 is 0 Å². The first-order valence-corrected chi connectivity index (χ1v) is 8.03. The first kappa shape index (κ1) is 12.7. The number of allylic oxidation sites excluding steroid dienone is 1. The number of rotatable bonds is 3. The van der Waals surface area contributed by atoms with Gasteiger partial charge in [-0.05, 0) is 62.7 Å². The van der Waals surface area contributed by atoms with E-state index in [0.29, 0.717) is 6.04 Å². The molecule has 0 saturated heterocycles. The van der Waals surface area contributed by atoms with Crippen LogP contribution in [0.3, 0.4) is 0 Å². The molecule has 0 spiro atoms. The summed E-state index contributed by atoms with van der Waals surface area (Å²) in [6, 6.07) is 0.485. The van der Waals surface area contributed by atoms with E-state index in [1.807, 2.05) is 0 Å². The molecular formula is C16H28N2. The van der Waals surface area contributed by atoms with Crippen LogP contribution < -0.4 is 11.3 Å². The Balaban J connectivity index is 1.70. The maximum atomic E-state index is 5.91. The smallest absolute Gasteiger partial charge is 0.0450 e. The van der Waals surface area contributed by atoms with E-state index in [1.165, 1.54) is 64.2 Å². The van der Waals surface area contributed by atoms with E-state index in [9.17, 15) is 0 Å². The summed E-state index contributed by atoms with van der Waals surface area (Å²) in [5, 5.41) is 0. The van der Waals surface area contributed by atoms with Gasteiger partial charge in [-0.25, -0.2) is 0 Å². The van der Waals surface area contributed by atoms with Crippen LogP contribution in [0.1, 0.15) is 64.2 Å². The van der Waals surface area contributed by atoms with Gasteiger partial charge in [-0.2, -0.15) is 0 Å². The van der Waals surface area contributed by atoms with Crippen LogP contribution in [0.15, 0.2) is 11.6 Å². The molecule has 0 aromatic heterocycles. The minimum atomic E-state index is 0.485. The van der Waals surface area contributed by atoms with E-state index >= 15 is 0 Å². The highest BCUT2D eigenvalue weighted by molar-refractivity contribution is 5.15. The average molecular weight is 248 g/mol. The predicted molar refractivity (Wildman–Crippen MR) is 75.8 cm³/mol. The van der Waals surface area contributed by atoms with Crippen LogP contribution in [0.5, 0.6) is 0 Å². The Morgan fingerprint density at radius 3 is 2.72 bits per heavy atom. The summed E-state index contributed by atoms with van der Waals surface area (Å²) in [5.41, 5.74) is 4.81. The summed E-state index contributed by atoms with van der Waals surface area (Å²) in [7, 11) is 0. The molecule has 102 valence electrons. The second-order valence-corrected chi connectivity index (χ2v) is 6.71. The van der Waals surface area contributed by atoms with Gasteiger partial charge in [-0.15, -0.1) is 0 Å². The van der Waals surface area contributed by atoms with Crippen molar-refractivity contribution in [2.24, 2.45) is 23.6 Å². The van der Waals surface area contributed by atoms with Crippen LogP contribution in [0, 0.1) is 17.8 Å². The number of nitrogens with one attached hydrogen (secondary N) is 1. The fourth-order valence-corrected chi connectivity index (χ4v) is 4.71. The number of hydrazine groups is 1. The molecule has 2 bridgehead atoms. The summed E-state index contributed by atoms with van der Waals surface area (Å²) in [4.78, 5) is 0. The maximum absolute atomic E-state index is 5.91. The van der Waals surface area contributed by atoms with Gasteiger partial charge >= 0.3 is 0 Å². The zero-order chi connectivity index (χ0) is 12.4. The average Bonchev–Trinajstić information content (AvgIpc) is 2.94. The van der Waals surface area contributed by atoms with E-state index in [0.717, 1.165) is 17.8 Å². The van der Waals surface area contributed by atoms with Crippen molar-refractivity contribution in [1.29, 1.82) is 0 Å². The maximum Gasteiger partial charge on any atom is 0.0450 e. The summed E-state index contributed by atoms with van der Waals surface area (Å²) in [5.74, 6) is 8.73. The Kier molecular flexibility index (Phi) is 4.05. The Bertz CT molecular complexity index is 310. The molecule has 0 amide bonds. The van der Waals surface area contributed by atoms with Gasteiger partial charge in [0.25, 0.3) is 0 Å². The largest absolute Gasteiger partial charge is 0.271 e. The molecule has 3 aliphatic carbocycles. The lowest BCUT2D eigenvalue weighted by Crippen LogP contribution is -2.44. The Labute approximate surface area is 111 Å². The zero-order valence-electron chi connectivity index (χ0n) is 11.5. The topological polar surface area (TPSA) is 38.0 Å². The molecule has 3 aliphatic rings. The molecule has 3 rings (SSSR count). The molecule has 0 heterocycles. The first-order valence-electron chi connectivity index (χ1n) is 8.03. The molecule has 18 heavy (non-hydrogen) atoms. The highest BCUT2D eigenvalue weighted by atomic mass is 15.2. The lowest BCUT2D eigenvalue weighted by Gasteiger charge is -2.32. The van der Waals surface area contributed by atoms with Crippen molar-refractivity contribution in [3.05, 3.63) is 11.6 Å². The number of hydrogen-bond donors (Lipinski definition) is 2. The third-order valence-corrected chi connectivity index (χ3v) is 5.63. The van der Waals surface area contributed by atoms with Crippen molar-refractivity contribution in [2.75, 3.05) is 0 Å². The Morgan fingerprint density at radius 2 is 2.00 bits per heavy atom. The standard InChI is InChI=1S/C16H28N2/c17-18-16(13-6-4-2-1-3-5-7-13)15-11-12-8-9-14(15)10-12/h6,12,14-16,18H,1-5,7-11,17H2. The molecule has 0 aromatic rings. The van der Waals surface area contributed by atoms with Crippen molar-refractivity contribution in [2.45, 2.75) is 70.3 Å². The van der Waals surface area contributed by atoms with Crippen molar-refractivity contribution in [1.82, 2.24) is 5.43 Å². The fourth-order valence-electron chi connectivity index (χ4n) is 4.71. The molecule has 2 heteroatoms. The molecule has 2 fully saturated rings. The summed E-state index contributed by atoms with van der Waals surface area (Å²) in [6.45, 7) is 0. The SMILES string of the molecule is NNC(C1=CCCCCCC1)C1CC2CCC1C2. The van der Waals surface area contributed by atoms with Gasteiger partial charge in [-0.3, -0.25) is 11.3 Å². The molecule has 0 aliphatic heterocycles. The van der Waals surface area contributed by atoms with Gasteiger partial charge < -0.3 is 0 Å². The molecule has 2 saturated carbocycles. The molecule has 4 atom stereocenters. The predicted octanol–water partition coefficient (Wildman–Crippen LogP) is 3.54. The van der Waals surface area contributed by atoms with Crippen LogP contribution in [0.4, 0.5) is 0 Å². The molecule has 3 N–H and O–H groups in total. The first-order chi connectivity index (χ1) is 8.88. The molecule has 4 unspecified atom stereocenters. The van der Waals surface area contributed by atoms with Crippen molar-refractivity contribution in [3.8, 4) is 0 Å². The van der Waals surface area contributed by atoms with E-state index in [2.05, 4.69) is 11.5 Å². The summed E-state index contributed by atoms with van der Waals surface area (Å²) < 4.78 is 0. The van der Waals surface area contributed by atoms with Gasteiger partial charge in [0.1, 0.15) is 0 Å². The normalized spacial score (nSPS) is 38.1. The van der Waals surface area contributed by atoms with Gasteiger partial charge in [0.15, 0.2) is 0 Å². The van der Waals surface area contributed by atoms with Crippen LogP contribution in [-0.4, -0.2) is 6.04 Å². The second-order valence-electron chi connectivity index (χ2n) is 6.71. The number of fused-ring (bicyclic) bond motifs is 2. The lowest BCUT2D eigenvalue weighted by atomic mass is 9.78. The van der Waals surface area contributed by atoms with E-state index in [1.54, 1.807) is 5.57 Å². The monoisotopic (exact) mass is 248 g/mol. The van der Waals surface area contributed by atoms with E-state index in [-0.39, 0.29) is 0 Å². The van der Waals surface area contributed by atoms with Gasteiger partial charge in [0, 0.05) is 6.04 Å². The van der Waals surface area contributed by atoms with Crippen molar-refractivity contribution >= 4 is 0 Å². The van der Waals surface area contributed by atoms with Crippen LogP contribution in [0.25, 0.3) is 0 Å². The summed E-state index contributed by atoms with van der Waals surface area (Å²) in [6.07, 6.45) is 16.5. The highest BCUT2D eigenvalue weighted by Gasteiger charge is 2.43. The quantitative estimate of drug-likeness (QED) is 0.455. The van der Waals surface area contributed by atoms with Crippen LogP contribution in [0.2, 0.25) is 0 Å². The number of hydrogen-bond acceptors (Lipinski definition) is 2. The third-order valence-electron chi connectivity index (χ3n) is 5.63. The van der Waals surface area contributed by atoms with E-state index < -0.39 is 0 Å². The van der Waals surface area contributed by atoms with E-state index in [4.69, 9.17) is 5.84 Å². The van der Waals surface area contributed by atoms with Gasteiger partial charge in [0.05, 0.1) is 0 Å². The third kappa shape index (κ3) is 2.50. The Hall–Kier alpha value is -0.340.